The quantitative estimate of drug-likeness (QED) is 0.775. The summed E-state index contributed by atoms with van der Waals surface area (Å²) in [6.45, 7) is 9.12. The van der Waals surface area contributed by atoms with Gasteiger partial charge in [0.15, 0.2) is 5.78 Å². The molecule has 2 aromatic rings. The maximum Gasteiger partial charge on any atom is 0.161 e. The van der Waals surface area contributed by atoms with Gasteiger partial charge in [-0.15, -0.1) is 0 Å². The SMILES string of the molecule is CCn1cc(CN2CCCN(c3cc(C#N)ccc3C(C)=O)CC2)cn1. The van der Waals surface area contributed by atoms with Crippen LogP contribution in [0.5, 0.6) is 0 Å². The fourth-order valence-electron chi connectivity index (χ4n) is 3.45. The smallest absolute Gasteiger partial charge is 0.161 e. The number of Topliss-reactive ketones (excluding diaryl/α,β-unsaturated/α-hetero) is 1. The topological polar surface area (TPSA) is 65.2 Å². The van der Waals surface area contributed by atoms with Crippen molar-refractivity contribution in [3.05, 3.63) is 47.3 Å². The average Bonchev–Trinajstić information content (AvgIpc) is 2.98. The highest BCUT2D eigenvalue weighted by Crippen LogP contribution is 2.24. The van der Waals surface area contributed by atoms with Crippen LogP contribution in [0.3, 0.4) is 0 Å². The first kappa shape index (κ1) is 18.2. The first-order valence-corrected chi connectivity index (χ1v) is 9.14. The molecule has 1 aromatic carbocycles. The third-order valence-electron chi connectivity index (χ3n) is 4.85. The number of carbonyl (C=O) groups excluding carboxylic acids is 1. The maximum atomic E-state index is 12.0. The van der Waals surface area contributed by atoms with E-state index in [2.05, 4.69) is 34.1 Å². The van der Waals surface area contributed by atoms with Crippen molar-refractivity contribution in [2.24, 2.45) is 0 Å². The van der Waals surface area contributed by atoms with Crippen LogP contribution in [-0.4, -0.2) is 46.6 Å². The zero-order chi connectivity index (χ0) is 18.5. The Morgan fingerprint density at radius 1 is 1.27 bits per heavy atom. The van der Waals surface area contributed by atoms with Crippen molar-refractivity contribution < 1.29 is 4.79 Å². The van der Waals surface area contributed by atoms with Crippen LogP contribution in [0, 0.1) is 11.3 Å². The van der Waals surface area contributed by atoms with Gasteiger partial charge in [0.05, 0.1) is 17.8 Å². The number of ketones is 1. The van der Waals surface area contributed by atoms with Crippen LogP contribution in [-0.2, 0) is 13.1 Å². The van der Waals surface area contributed by atoms with Gasteiger partial charge in [-0.3, -0.25) is 14.4 Å². The Morgan fingerprint density at radius 2 is 2.12 bits per heavy atom. The number of nitrogens with zero attached hydrogens (tertiary/aromatic N) is 5. The number of anilines is 1. The molecular weight excluding hydrogens is 326 g/mol. The normalized spacial score (nSPS) is 15.5. The van der Waals surface area contributed by atoms with Crippen molar-refractivity contribution in [1.29, 1.82) is 5.26 Å². The molecule has 1 aromatic heterocycles. The molecule has 0 aliphatic carbocycles. The van der Waals surface area contributed by atoms with E-state index in [-0.39, 0.29) is 5.78 Å². The fraction of sp³-hybridized carbons (Fsp3) is 0.450. The van der Waals surface area contributed by atoms with Crippen LogP contribution in [0.2, 0.25) is 0 Å². The lowest BCUT2D eigenvalue weighted by atomic mass is 10.1. The summed E-state index contributed by atoms with van der Waals surface area (Å²) >= 11 is 0. The number of benzene rings is 1. The summed E-state index contributed by atoms with van der Waals surface area (Å²) in [7, 11) is 0. The van der Waals surface area contributed by atoms with Gasteiger partial charge in [0.25, 0.3) is 0 Å². The lowest BCUT2D eigenvalue weighted by Crippen LogP contribution is -2.31. The van der Waals surface area contributed by atoms with Gasteiger partial charge in [-0.1, -0.05) is 0 Å². The Kier molecular flexibility index (Phi) is 5.69. The van der Waals surface area contributed by atoms with E-state index in [0.717, 1.165) is 51.4 Å². The number of aromatic nitrogens is 2. The van der Waals surface area contributed by atoms with Gasteiger partial charge in [0.2, 0.25) is 0 Å². The van der Waals surface area contributed by atoms with E-state index in [4.69, 9.17) is 0 Å². The van der Waals surface area contributed by atoms with Crippen molar-refractivity contribution in [2.45, 2.75) is 33.4 Å². The Hall–Kier alpha value is -2.65. The number of hydrogen-bond acceptors (Lipinski definition) is 5. The zero-order valence-corrected chi connectivity index (χ0v) is 15.5. The minimum Gasteiger partial charge on any atom is -0.370 e. The summed E-state index contributed by atoms with van der Waals surface area (Å²) in [4.78, 5) is 16.7. The van der Waals surface area contributed by atoms with E-state index in [0.29, 0.717) is 11.1 Å². The fourth-order valence-corrected chi connectivity index (χ4v) is 3.45. The van der Waals surface area contributed by atoms with E-state index in [1.54, 1.807) is 19.1 Å². The van der Waals surface area contributed by atoms with Crippen LogP contribution < -0.4 is 4.90 Å². The van der Waals surface area contributed by atoms with Crippen molar-refractivity contribution in [2.75, 3.05) is 31.1 Å². The lowest BCUT2D eigenvalue weighted by Gasteiger charge is -2.25. The number of hydrogen-bond donors (Lipinski definition) is 0. The minimum absolute atomic E-state index is 0.0394. The van der Waals surface area contributed by atoms with Gasteiger partial charge in [-0.2, -0.15) is 10.4 Å². The third kappa shape index (κ3) is 4.12. The standard InChI is InChI=1S/C20H25N5O/c1-3-25-15-18(13-22-25)14-23-7-4-8-24(10-9-23)20-11-17(12-21)5-6-19(20)16(2)26/h5-6,11,13,15H,3-4,7-10,14H2,1-2H3. The van der Waals surface area contributed by atoms with Crippen molar-refractivity contribution >= 4 is 11.5 Å². The summed E-state index contributed by atoms with van der Waals surface area (Å²) in [6, 6.07) is 7.52. The van der Waals surface area contributed by atoms with Crippen molar-refractivity contribution in [3.63, 3.8) is 0 Å². The molecule has 1 aliphatic rings. The summed E-state index contributed by atoms with van der Waals surface area (Å²) < 4.78 is 1.95. The van der Waals surface area contributed by atoms with Crippen LogP contribution >= 0.6 is 0 Å². The molecule has 6 heteroatoms. The van der Waals surface area contributed by atoms with Crippen LogP contribution in [0.25, 0.3) is 0 Å². The average molecular weight is 351 g/mol. The highest BCUT2D eigenvalue weighted by molar-refractivity contribution is 6.00. The first-order chi connectivity index (χ1) is 12.6. The summed E-state index contributed by atoms with van der Waals surface area (Å²) in [5.74, 6) is 0.0394. The second kappa shape index (κ2) is 8.15. The highest BCUT2D eigenvalue weighted by Gasteiger charge is 2.19. The summed E-state index contributed by atoms with van der Waals surface area (Å²) in [6.07, 6.45) is 5.07. The molecule has 2 heterocycles. The Bertz CT molecular complexity index is 820. The third-order valence-corrected chi connectivity index (χ3v) is 4.85. The van der Waals surface area contributed by atoms with Gasteiger partial charge < -0.3 is 4.90 Å². The van der Waals surface area contributed by atoms with Gasteiger partial charge >= 0.3 is 0 Å². The first-order valence-electron chi connectivity index (χ1n) is 9.14. The number of nitriles is 1. The molecule has 136 valence electrons. The van der Waals surface area contributed by atoms with Gasteiger partial charge in [-0.05, 0) is 38.5 Å². The molecule has 1 fully saturated rings. The largest absolute Gasteiger partial charge is 0.370 e. The molecule has 0 bridgehead atoms. The van der Waals surface area contributed by atoms with Crippen LogP contribution in [0.4, 0.5) is 5.69 Å². The van der Waals surface area contributed by atoms with E-state index in [1.165, 1.54) is 5.56 Å². The number of carbonyl (C=O) groups is 1. The molecule has 6 nitrogen and oxygen atoms in total. The zero-order valence-electron chi connectivity index (χ0n) is 15.5. The highest BCUT2D eigenvalue weighted by atomic mass is 16.1. The number of aryl methyl sites for hydroxylation is 1. The molecule has 1 saturated heterocycles. The lowest BCUT2D eigenvalue weighted by molar-refractivity contribution is 0.101. The Morgan fingerprint density at radius 3 is 2.81 bits per heavy atom. The van der Waals surface area contributed by atoms with E-state index in [9.17, 15) is 10.1 Å². The van der Waals surface area contributed by atoms with E-state index < -0.39 is 0 Å². The molecule has 0 N–H and O–H groups in total. The molecule has 0 radical (unpaired) electrons. The second-order valence-corrected chi connectivity index (χ2v) is 6.72. The monoisotopic (exact) mass is 351 g/mol. The summed E-state index contributed by atoms with van der Waals surface area (Å²) in [5.41, 5.74) is 3.41. The van der Waals surface area contributed by atoms with Crippen LogP contribution in [0.1, 0.15) is 41.8 Å². The Balaban J connectivity index is 1.72. The van der Waals surface area contributed by atoms with Crippen molar-refractivity contribution in [1.82, 2.24) is 14.7 Å². The molecule has 1 aliphatic heterocycles. The molecule has 0 amide bonds. The van der Waals surface area contributed by atoms with E-state index in [1.807, 2.05) is 16.9 Å². The minimum atomic E-state index is 0.0394. The number of rotatable bonds is 5. The van der Waals surface area contributed by atoms with Crippen LogP contribution in [0.15, 0.2) is 30.6 Å². The molecule has 0 atom stereocenters. The van der Waals surface area contributed by atoms with Gasteiger partial charge in [0.1, 0.15) is 0 Å². The summed E-state index contributed by atoms with van der Waals surface area (Å²) in [5, 5.41) is 13.6. The van der Waals surface area contributed by atoms with E-state index >= 15 is 0 Å². The Labute approximate surface area is 154 Å². The second-order valence-electron chi connectivity index (χ2n) is 6.72. The predicted molar refractivity (Wildman–Crippen MR) is 101 cm³/mol. The molecule has 0 saturated carbocycles. The molecular formula is C20H25N5O. The molecule has 3 rings (SSSR count). The predicted octanol–water partition coefficient (Wildman–Crippen LogP) is 2.69. The maximum absolute atomic E-state index is 12.0. The molecule has 0 spiro atoms. The van der Waals surface area contributed by atoms with Gasteiger partial charge in [0, 0.05) is 62.3 Å². The van der Waals surface area contributed by atoms with Gasteiger partial charge in [-0.25, -0.2) is 0 Å². The molecule has 26 heavy (non-hydrogen) atoms. The van der Waals surface area contributed by atoms with Crippen molar-refractivity contribution in [3.8, 4) is 6.07 Å². The molecule has 0 unspecified atom stereocenters.